The van der Waals surface area contributed by atoms with Crippen LogP contribution in [0.2, 0.25) is 0 Å². The van der Waals surface area contributed by atoms with Crippen LogP contribution in [0.1, 0.15) is 22.8 Å². The highest BCUT2D eigenvalue weighted by Gasteiger charge is 2.36. The minimum Gasteiger partial charge on any atom is -0.508 e. The Labute approximate surface area is 181 Å². The van der Waals surface area contributed by atoms with Gasteiger partial charge in [-0.15, -0.1) is 0 Å². The summed E-state index contributed by atoms with van der Waals surface area (Å²) < 4.78 is 11.9. The van der Waals surface area contributed by atoms with Crippen LogP contribution in [-0.4, -0.2) is 41.8 Å². The first-order valence-corrected chi connectivity index (χ1v) is 9.48. The third kappa shape index (κ3) is 3.71. The fourth-order valence-electron chi connectivity index (χ4n) is 3.57. The molecule has 0 aliphatic carbocycles. The lowest BCUT2D eigenvalue weighted by Crippen LogP contribution is -2.32. The van der Waals surface area contributed by atoms with Crippen molar-refractivity contribution in [3.63, 3.8) is 0 Å². The Balaban J connectivity index is 1.72. The molecular weight excluding hydrogens is 420 g/mol. The summed E-state index contributed by atoms with van der Waals surface area (Å²) in [5, 5.41) is 68.7. The Hall–Kier alpha value is -4.40. The maximum atomic E-state index is 10.3. The van der Waals surface area contributed by atoms with Crippen LogP contribution >= 0.6 is 0 Å². The van der Waals surface area contributed by atoms with E-state index in [1.165, 1.54) is 24.3 Å². The van der Waals surface area contributed by atoms with E-state index in [1.807, 2.05) is 0 Å². The molecule has 3 aromatic rings. The van der Waals surface area contributed by atoms with Gasteiger partial charge in [-0.2, -0.15) is 0 Å². The number of fused-ring (bicyclic) bond motifs is 1. The van der Waals surface area contributed by atoms with Crippen LogP contribution in [0.3, 0.4) is 0 Å². The number of hydrogen-bond donors (Lipinski definition) is 7. The predicted octanol–water partition coefficient (Wildman–Crippen LogP) is 3.36. The second-order valence-electron chi connectivity index (χ2n) is 7.37. The van der Waals surface area contributed by atoms with Gasteiger partial charge in [0.05, 0.1) is 0 Å². The summed E-state index contributed by atoms with van der Waals surface area (Å²) in [4.78, 5) is 0. The van der Waals surface area contributed by atoms with E-state index in [9.17, 15) is 35.7 Å². The average Bonchev–Trinajstić information content (AvgIpc) is 2.73. The smallest absolute Gasteiger partial charge is 0.200 e. The molecule has 1 aliphatic rings. The van der Waals surface area contributed by atoms with Crippen LogP contribution < -0.4 is 4.74 Å². The second-order valence-corrected chi connectivity index (χ2v) is 7.37. The third-order valence-corrected chi connectivity index (χ3v) is 5.18. The molecule has 0 bridgehead atoms. The Bertz CT molecular complexity index is 1200. The highest BCUT2D eigenvalue weighted by molar-refractivity contribution is 5.65. The first-order chi connectivity index (χ1) is 15.1. The quantitative estimate of drug-likeness (QED) is 0.238. The topological polar surface area (TPSA) is 160 Å². The number of rotatable bonds is 4. The minimum atomic E-state index is -0.855. The summed E-state index contributed by atoms with van der Waals surface area (Å²) in [5.74, 6) is -2.67. The van der Waals surface area contributed by atoms with E-state index >= 15 is 0 Å². The summed E-state index contributed by atoms with van der Waals surface area (Å²) in [5.41, 5.74) is 0.991. The first kappa shape index (κ1) is 20.9. The molecule has 166 valence electrons. The monoisotopic (exact) mass is 440 g/mol. The molecule has 0 saturated heterocycles. The summed E-state index contributed by atoms with van der Waals surface area (Å²) in [7, 11) is 0. The van der Waals surface area contributed by atoms with Crippen molar-refractivity contribution < 1.29 is 45.2 Å². The van der Waals surface area contributed by atoms with Gasteiger partial charge in [0.15, 0.2) is 34.9 Å². The SMILES string of the molecule is C=C(O[C@@H]1Cc2c(O)cc(O)cc2O[C@@H]1c1ccc(O)c(O)c1)c1cc(O)c(O)c(O)c1. The lowest BCUT2D eigenvalue weighted by molar-refractivity contribution is 0.0195. The zero-order valence-corrected chi connectivity index (χ0v) is 16.6. The molecule has 32 heavy (non-hydrogen) atoms. The zero-order valence-electron chi connectivity index (χ0n) is 16.6. The number of hydrogen-bond acceptors (Lipinski definition) is 9. The van der Waals surface area contributed by atoms with E-state index < -0.39 is 29.5 Å². The number of phenolic OH excluding ortho intramolecular Hbond substituents is 7. The van der Waals surface area contributed by atoms with Crippen molar-refractivity contribution in [3.8, 4) is 46.0 Å². The molecule has 1 aliphatic heterocycles. The number of ether oxygens (including phenoxy) is 2. The average molecular weight is 440 g/mol. The molecule has 7 N–H and O–H groups in total. The number of phenols is 7. The van der Waals surface area contributed by atoms with E-state index in [0.717, 1.165) is 18.2 Å². The first-order valence-electron chi connectivity index (χ1n) is 9.48. The summed E-state index contributed by atoms with van der Waals surface area (Å²) in [6, 6.07) is 8.92. The van der Waals surface area contributed by atoms with Crippen LogP contribution in [0.25, 0.3) is 5.76 Å². The lowest BCUT2D eigenvalue weighted by Gasteiger charge is -2.35. The van der Waals surface area contributed by atoms with Crippen molar-refractivity contribution in [3.05, 3.63) is 65.7 Å². The van der Waals surface area contributed by atoms with E-state index in [-0.39, 0.29) is 46.5 Å². The normalized spacial score (nSPS) is 17.2. The Kier molecular flexibility index (Phi) is 5.01. The van der Waals surface area contributed by atoms with Gasteiger partial charge < -0.3 is 45.2 Å². The van der Waals surface area contributed by atoms with Gasteiger partial charge in [-0.25, -0.2) is 0 Å². The van der Waals surface area contributed by atoms with Gasteiger partial charge in [0, 0.05) is 35.2 Å². The van der Waals surface area contributed by atoms with Gasteiger partial charge in [0.25, 0.3) is 0 Å². The molecule has 0 spiro atoms. The Morgan fingerprint density at radius 1 is 0.812 bits per heavy atom. The molecule has 1 heterocycles. The molecule has 0 amide bonds. The maximum Gasteiger partial charge on any atom is 0.200 e. The molecule has 0 unspecified atom stereocenters. The van der Waals surface area contributed by atoms with Crippen molar-refractivity contribution >= 4 is 5.76 Å². The highest BCUT2D eigenvalue weighted by atomic mass is 16.5. The van der Waals surface area contributed by atoms with E-state index in [4.69, 9.17) is 9.47 Å². The van der Waals surface area contributed by atoms with Crippen molar-refractivity contribution in [1.82, 2.24) is 0 Å². The Morgan fingerprint density at radius 3 is 2.16 bits per heavy atom. The van der Waals surface area contributed by atoms with Crippen molar-refractivity contribution in [2.75, 3.05) is 0 Å². The molecule has 3 aromatic carbocycles. The molecule has 0 fully saturated rings. The minimum absolute atomic E-state index is 0.0268. The highest BCUT2D eigenvalue weighted by Crippen LogP contribution is 2.45. The third-order valence-electron chi connectivity index (χ3n) is 5.18. The molecule has 9 nitrogen and oxygen atoms in total. The van der Waals surface area contributed by atoms with Crippen LogP contribution in [0, 0.1) is 0 Å². The summed E-state index contributed by atoms with van der Waals surface area (Å²) >= 11 is 0. The molecule has 0 saturated carbocycles. The fourth-order valence-corrected chi connectivity index (χ4v) is 3.57. The van der Waals surface area contributed by atoms with Gasteiger partial charge >= 0.3 is 0 Å². The standard InChI is InChI=1S/C23H20O9/c1-10(12-5-18(28)22(30)19(29)6-12)31-21-9-14-16(26)7-13(24)8-20(14)32-23(21)11-2-3-15(25)17(27)4-11/h2-8,21,23-30H,1,9H2/t21-,23-/m1/s1. The van der Waals surface area contributed by atoms with Crippen LogP contribution in [0.5, 0.6) is 46.0 Å². The molecule has 2 atom stereocenters. The fraction of sp³-hybridized carbons (Fsp3) is 0.130. The Morgan fingerprint density at radius 2 is 1.50 bits per heavy atom. The largest absolute Gasteiger partial charge is 0.508 e. The van der Waals surface area contributed by atoms with Gasteiger partial charge in [-0.3, -0.25) is 0 Å². The van der Waals surface area contributed by atoms with Gasteiger partial charge in [-0.05, 0) is 24.3 Å². The van der Waals surface area contributed by atoms with Gasteiger partial charge in [0.2, 0.25) is 0 Å². The van der Waals surface area contributed by atoms with E-state index in [0.29, 0.717) is 11.1 Å². The molecule has 4 rings (SSSR count). The number of aromatic hydroxyl groups is 7. The summed E-state index contributed by atoms with van der Waals surface area (Å²) in [6.07, 6.45) is -1.55. The predicted molar refractivity (Wildman–Crippen MR) is 112 cm³/mol. The van der Waals surface area contributed by atoms with Crippen molar-refractivity contribution in [2.24, 2.45) is 0 Å². The second kappa shape index (κ2) is 7.69. The molecular formula is C23H20O9. The van der Waals surface area contributed by atoms with Gasteiger partial charge in [-0.1, -0.05) is 12.6 Å². The van der Waals surface area contributed by atoms with Crippen molar-refractivity contribution in [2.45, 2.75) is 18.6 Å². The number of benzene rings is 3. The summed E-state index contributed by atoms with van der Waals surface area (Å²) in [6.45, 7) is 3.81. The lowest BCUT2D eigenvalue weighted by atomic mass is 9.93. The van der Waals surface area contributed by atoms with Crippen LogP contribution in [0.15, 0.2) is 49.0 Å². The van der Waals surface area contributed by atoms with Crippen LogP contribution in [-0.2, 0) is 11.2 Å². The molecule has 9 heteroatoms. The van der Waals surface area contributed by atoms with E-state index in [2.05, 4.69) is 6.58 Å². The zero-order chi connectivity index (χ0) is 23.2. The molecule has 0 radical (unpaired) electrons. The molecule has 0 aromatic heterocycles. The maximum absolute atomic E-state index is 10.3. The van der Waals surface area contributed by atoms with E-state index in [1.54, 1.807) is 0 Å². The van der Waals surface area contributed by atoms with Crippen LogP contribution in [0.4, 0.5) is 0 Å². The van der Waals surface area contributed by atoms with Crippen molar-refractivity contribution in [1.29, 1.82) is 0 Å². The van der Waals surface area contributed by atoms with Gasteiger partial charge in [0.1, 0.15) is 29.1 Å².